The molecule has 0 spiro atoms. The van der Waals surface area contributed by atoms with Gasteiger partial charge in [0.25, 0.3) is 0 Å². The number of likely N-dealkylation sites (tertiary alicyclic amines) is 1. The molecule has 1 aromatic rings. The summed E-state index contributed by atoms with van der Waals surface area (Å²) >= 11 is 3.45. The predicted octanol–water partition coefficient (Wildman–Crippen LogP) is 4.36. The minimum absolute atomic E-state index is 0.104. The third kappa shape index (κ3) is 4.76. The van der Waals surface area contributed by atoms with Crippen LogP contribution in [-0.2, 0) is 0 Å². The van der Waals surface area contributed by atoms with Crippen molar-refractivity contribution < 1.29 is 4.39 Å². The van der Waals surface area contributed by atoms with Crippen molar-refractivity contribution in [3.8, 4) is 0 Å². The van der Waals surface area contributed by atoms with Gasteiger partial charge in [-0.15, -0.1) is 0 Å². The fourth-order valence-corrected chi connectivity index (χ4v) is 3.43. The Hall–Kier alpha value is -0.450. The molecule has 1 aliphatic rings. The van der Waals surface area contributed by atoms with Gasteiger partial charge in [-0.05, 0) is 57.0 Å². The number of nitrogens with zero attached hydrogens (tertiary/aromatic N) is 1. The lowest BCUT2D eigenvalue weighted by Crippen LogP contribution is -2.42. The first-order valence-electron chi connectivity index (χ1n) is 7.89. The van der Waals surface area contributed by atoms with E-state index in [1.54, 1.807) is 12.1 Å². The standard InChI is InChI=1S/C17H26BrFN2/c1-12(2)20-10-14-5-4-8-21(11-14)13(3)16-9-15(18)6-7-17(16)19/h6-7,9,12-14,20H,4-5,8,10-11H2,1-3H3. The topological polar surface area (TPSA) is 15.3 Å². The maximum atomic E-state index is 14.1. The number of nitrogens with one attached hydrogen (secondary N) is 1. The second-order valence-electron chi connectivity index (χ2n) is 6.41. The molecule has 0 bridgehead atoms. The van der Waals surface area contributed by atoms with Gasteiger partial charge in [-0.25, -0.2) is 4.39 Å². The Kier molecular flexibility index (Phi) is 6.20. The Bertz CT molecular complexity index is 464. The second kappa shape index (κ2) is 7.70. The predicted molar refractivity (Wildman–Crippen MR) is 90.0 cm³/mol. The van der Waals surface area contributed by atoms with Gasteiger partial charge in [0.05, 0.1) is 0 Å². The summed E-state index contributed by atoms with van der Waals surface area (Å²) in [6, 6.07) is 5.88. The molecule has 1 aromatic carbocycles. The normalized spacial score (nSPS) is 21.7. The molecule has 21 heavy (non-hydrogen) atoms. The van der Waals surface area contributed by atoms with Crippen LogP contribution in [0.5, 0.6) is 0 Å². The second-order valence-corrected chi connectivity index (χ2v) is 7.32. The molecule has 0 aliphatic carbocycles. The minimum atomic E-state index is -0.104. The Balaban J connectivity index is 2.01. The van der Waals surface area contributed by atoms with Crippen LogP contribution in [0.4, 0.5) is 4.39 Å². The molecule has 1 N–H and O–H groups in total. The molecule has 0 radical (unpaired) electrons. The van der Waals surface area contributed by atoms with E-state index in [2.05, 4.69) is 46.9 Å². The number of halogens is 2. The van der Waals surface area contributed by atoms with Crippen molar-refractivity contribution in [1.29, 1.82) is 0 Å². The fourth-order valence-electron chi connectivity index (χ4n) is 3.05. The smallest absolute Gasteiger partial charge is 0.128 e. The molecule has 2 unspecified atom stereocenters. The van der Waals surface area contributed by atoms with Gasteiger partial charge >= 0.3 is 0 Å². The maximum Gasteiger partial charge on any atom is 0.128 e. The van der Waals surface area contributed by atoms with Crippen LogP contribution in [0.25, 0.3) is 0 Å². The average Bonchev–Trinajstić information content (AvgIpc) is 2.47. The third-order valence-electron chi connectivity index (χ3n) is 4.32. The SMILES string of the molecule is CC(C)NCC1CCCN(C(C)c2cc(Br)ccc2F)C1. The van der Waals surface area contributed by atoms with E-state index in [-0.39, 0.29) is 11.9 Å². The van der Waals surface area contributed by atoms with E-state index in [1.807, 2.05) is 6.07 Å². The molecule has 4 heteroatoms. The van der Waals surface area contributed by atoms with E-state index >= 15 is 0 Å². The zero-order valence-corrected chi connectivity index (χ0v) is 14.8. The molecule has 0 aromatic heterocycles. The average molecular weight is 357 g/mol. The largest absolute Gasteiger partial charge is 0.314 e. The maximum absolute atomic E-state index is 14.1. The zero-order valence-electron chi connectivity index (χ0n) is 13.2. The molecule has 1 fully saturated rings. The number of rotatable bonds is 5. The van der Waals surface area contributed by atoms with Gasteiger partial charge < -0.3 is 5.32 Å². The van der Waals surface area contributed by atoms with Crippen molar-refractivity contribution in [1.82, 2.24) is 10.2 Å². The van der Waals surface area contributed by atoms with E-state index in [0.717, 1.165) is 29.7 Å². The van der Waals surface area contributed by atoms with Gasteiger partial charge in [0.15, 0.2) is 0 Å². The van der Waals surface area contributed by atoms with Gasteiger partial charge in [-0.3, -0.25) is 4.90 Å². The highest BCUT2D eigenvalue weighted by Crippen LogP contribution is 2.29. The monoisotopic (exact) mass is 356 g/mol. The third-order valence-corrected chi connectivity index (χ3v) is 4.81. The summed E-state index contributed by atoms with van der Waals surface area (Å²) in [4.78, 5) is 2.42. The van der Waals surface area contributed by atoms with Crippen LogP contribution in [0.15, 0.2) is 22.7 Å². The highest BCUT2D eigenvalue weighted by atomic mass is 79.9. The lowest BCUT2D eigenvalue weighted by Gasteiger charge is -2.37. The van der Waals surface area contributed by atoms with Crippen LogP contribution in [0.3, 0.4) is 0 Å². The summed E-state index contributed by atoms with van der Waals surface area (Å²) in [7, 11) is 0. The summed E-state index contributed by atoms with van der Waals surface area (Å²) in [5.74, 6) is 0.562. The Labute approximate surface area is 136 Å². The van der Waals surface area contributed by atoms with Gasteiger partial charge in [0.2, 0.25) is 0 Å². The van der Waals surface area contributed by atoms with Crippen molar-refractivity contribution >= 4 is 15.9 Å². The van der Waals surface area contributed by atoms with Gasteiger partial charge in [-0.1, -0.05) is 29.8 Å². The number of hydrogen-bond donors (Lipinski definition) is 1. The van der Waals surface area contributed by atoms with Crippen LogP contribution in [0, 0.1) is 11.7 Å². The van der Waals surface area contributed by atoms with Crippen molar-refractivity contribution in [3.63, 3.8) is 0 Å². The van der Waals surface area contributed by atoms with Gasteiger partial charge in [-0.2, -0.15) is 0 Å². The fraction of sp³-hybridized carbons (Fsp3) is 0.647. The van der Waals surface area contributed by atoms with Crippen LogP contribution in [0.2, 0.25) is 0 Å². The summed E-state index contributed by atoms with van der Waals surface area (Å²) in [6.45, 7) is 9.64. The first-order valence-corrected chi connectivity index (χ1v) is 8.69. The highest BCUT2D eigenvalue weighted by Gasteiger charge is 2.25. The van der Waals surface area contributed by atoms with E-state index in [0.29, 0.717) is 12.0 Å². The zero-order chi connectivity index (χ0) is 15.4. The van der Waals surface area contributed by atoms with Crippen molar-refractivity contribution in [2.75, 3.05) is 19.6 Å². The Morgan fingerprint density at radius 3 is 2.86 bits per heavy atom. The van der Waals surface area contributed by atoms with Crippen LogP contribution in [-0.4, -0.2) is 30.6 Å². The lowest BCUT2D eigenvalue weighted by molar-refractivity contribution is 0.127. The quantitative estimate of drug-likeness (QED) is 0.842. The Morgan fingerprint density at radius 1 is 1.38 bits per heavy atom. The van der Waals surface area contributed by atoms with Crippen LogP contribution in [0.1, 0.15) is 45.2 Å². The molecule has 1 heterocycles. The first kappa shape index (κ1) is 16.9. The summed E-state index contributed by atoms with van der Waals surface area (Å²) in [5, 5.41) is 3.53. The summed E-state index contributed by atoms with van der Waals surface area (Å²) in [6.07, 6.45) is 2.47. The molecule has 118 valence electrons. The Morgan fingerprint density at radius 2 is 2.14 bits per heavy atom. The molecule has 2 rings (SSSR count). The molecule has 0 amide bonds. The van der Waals surface area contributed by atoms with Crippen molar-refractivity contribution in [2.45, 2.75) is 45.7 Å². The van der Waals surface area contributed by atoms with Crippen molar-refractivity contribution in [2.24, 2.45) is 5.92 Å². The van der Waals surface area contributed by atoms with E-state index in [9.17, 15) is 4.39 Å². The molecule has 1 saturated heterocycles. The number of hydrogen-bond acceptors (Lipinski definition) is 2. The molecule has 0 saturated carbocycles. The van der Waals surface area contributed by atoms with Gasteiger partial charge in [0.1, 0.15) is 5.82 Å². The minimum Gasteiger partial charge on any atom is -0.314 e. The molecular formula is C17H26BrFN2. The van der Waals surface area contributed by atoms with Gasteiger partial charge in [0, 0.05) is 28.7 Å². The summed E-state index contributed by atoms with van der Waals surface area (Å²) < 4.78 is 15.0. The summed E-state index contributed by atoms with van der Waals surface area (Å²) in [5.41, 5.74) is 0.793. The number of benzene rings is 1. The highest BCUT2D eigenvalue weighted by molar-refractivity contribution is 9.10. The van der Waals surface area contributed by atoms with Crippen molar-refractivity contribution in [3.05, 3.63) is 34.1 Å². The van der Waals surface area contributed by atoms with E-state index < -0.39 is 0 Å². The lowest BCUT2D eigenvalue weighted by atomic mass is 9.95. The molecule has 2 atom stereocenters. The van der Waals surface area contributed by atoms with Crippen LogP contribution >= 0.6 is 15.9 Å². The number of piperidine rings is 1. The molecule has 2 nitrogen and oxygen atoms in total. The van der Waals surface area contributed by atoms with Crippen LogP contribution < -0.4 is 5.32 Å². The first-order chi connectivity index (χ1) is 9.97. The van der Waals surface area contributed by atoms with E-state index in [1.165, 1.54) is 12.8 Å². The molecular weight excluding hydrogens is 331 g/mol. The van der Waals surface area contributed by atoms with E-state index in [4.69, 9.17) is 0 Å². The molecule has 1 aliphatic heterocycles.